The van der Waals surface area contributed by atoms with Crippen LogP contribution in [0.5, 0.6) is 0 Å². The Balaban J connectivity index is 2.03. The Hall–Kier alpha value is -0.0800. The van der Waals surface area contributed by atoms with Crippen LogP contribution in [0.25, 0.3) is 0 Å². The van der Waals surface area contributed by atoms with E-state index in [-0.39, 0.29) is 0 Å². The average Bonchev–Trinajstić information content (AvgIpc) is 2.39. The fourth-order valence-electron chi connectivity index (χ4n) is 2.85. The Morgan fingerprint density at radius 2 is 1.67 bits per heavy atom. The molecule has 0 saturated carbocycles. The molecule has 1 fully saturated rings. The fourth-order valence-corrected chi connectivity index (χ4v) is 2.85. The fraction of sp³-hybridized carbons (Fsp3) is 1.00. The van der Waals surface area contributed by atoms with E-state index in [2.05, 4.69) is 31.0 Å². The van der Waals surface area contributed by atoms with Crippen molar-refractivity contribution in [3.8, 4) is 0 Å². The van der Waals surface area contributed by atoms with Crippen LogP contribution >= 0.6 is 0 Å². The zero-order chi connectivity index (χ0) is 13.2. The van der Waals surface area contributed by atoms with Crippen molar-refractivity contribution < 1.29 is 0 Å². The number of nitrogens with one attached hydrogen (secondary N) is 1. The van der Waals surface area contributed by atoms with Crippen molar-refractivity contribution in [1.82, 2.24) is 10.2 Å². The van der Waals surface area contributed by atoms with E-state index < -0.39 is 0 Å². The molecule has 2 unspecified atom stereocenters. The van der Waals surface area contributed by atoms with Crippen LogP contribution in [-0.2, 0) is 0 Å². The van der Waals surface area contributed by atoms with Crippen molar-refractivity contribution in [3.63, 3.8) is 0 Å². The predicted octanol–water partition coefficient (Wildman–Crippen LogP) is 3.81. The highest BCUT2D eigenvalue weighted by Gasteiger charge is 2.22. The van der Waals surface area contributed by atoms with Gasteiger partial charge in [-0.2, -0.15) is 0 Å². The first-order valence-corrected chi connectivity index (χ1v) is 8.25. The molecule has 0 amide bonds. The first-order valence-electron chi connectivity index (χ1n) is 8.25. The Kier molecular flexibility index (Phi) is 8.70. The van der Waals surface area contributed by atoms with Gasteiger partial charge in [0, 0.05) is 25.2 Å². The summed E-state index contributed by atoms with van der Waals surface area (Å²) in [6.45, 7) is 10.7. The van der Waals surface area contributed by atoms with Crippen LogP contribution in [0.1, 0.15) is 72.1 Å². The van der Waals surface area contributed by atoms with Gasteiger partial charge in [-0.15, -0.1) is 0 Å². The van der Waals surface area contributed by atoms with Gasteiger partial charge >= 0.3 is 0 Å². The molecule has 0 aliphatic carbocycles. The summed E-state index contributed by atoms with van der Waals surface area (Å²) >= 11 is 0. The largest absolute Gasteiger partial charge is 0.311 e. The highest BCUT2D eigenvalue weighted by atomic mass is 15.2. The van der Waals surface area contributed by atoms with Crippen LogP contribution in [0.2, 0.25) is 0 Å². The van der Waals surface area contributed by atoms with E-state index in [1.807, 2.05) is 0 Å². The van der Waals surface area contributed by atoms with Gasteiger partial charge in [0.15, 0.2) is 0 Å². The quantitative estimate of drug-likeness (QED) is 0.629. The van der Waals surface area contributed by atoms with Crippen LogP contribution in [-0.4, -0.2) is 36.6 Å². The van der Waals surface area contributed by atoms with Crippen LogP contribution in [0.3, 0.4) is 0 Å². The van der Waals surface area contributed by atoms with E-state index in [0.717, 1.165) is 12.1 Å². The second-order valence-corrected chi connectivity index (χ2v) is 5.98. The molecule has 1 rings (SSSR count). The minimum Gasteiger partial charge on any atom is -0.311 e. The van der Waals surface area contributed by atoms with E-state index >= 15 is 0 Å². The summed E-state index contributed by atoms with van der Waals surface area (Å²) < 4.78 is 0. The van der Waals surface area contributed by atoms with Gasteiger partial charge in [-0.3, -0.25) is 4.90 Å². The Morgan fingerprint density at radius 3 is 2.33 bits per heavy atom. The van der Waals surface area contributed by atoms with E-state index in [1.165, 1.54) is 71.0 Å². The monoisotopic (exact) mass is 254 g/mol. The molecule has 2 atom stereocenters. The van der Waals surface area contributed by atoms with Gasteiger partial charge in [-0.25, -0.2) is 0 Å². The number of unbranched alkanes of at least 4 members (excludes halogenated alkanes) is 6. The summed E-state index contributed by atoms with van der Waals surface area (Å²) in [6.07, 6.45) is 11.2. The smallest absolute Gasteiger partial charge is 0.0193 e. The maximum absolute atomic E-state index is 3.63. The number of hydrogen-bond donors (Lipinski definition) is 1. The topological polar surface area (TPSA) is 15.3 Å². The van der Waals surface area contributed by atoms with Gasteiger partial charge in [0.1, 0.15) is 0 Å². The van der Waals surface area contributed by atoms with Crippen LogP contribution in [0, 0.1) is 0 Å². The summed E-state index contributed by atoms with van der Waals surface area (Å²) in [5, 5.41) is 3.63. The number of hydrogen-bond acceptors (Lipinski definition) is 2. The lowest BCUT2D eigenvalue weighted by Crippen LogP contribution is -2.55. The summed E-state index contributed by atoms with van der Waals surface area (Å²) in [5.74, 6) is 0. The van der Waals surface area contributed by atoms with Gasteiger partial charge in [-0.1, -0.05) is 52.4 Å². The molecule has 0 spiro atoms. The SMILES string of the molecule is CCCCCCCCCN1CC(CC)NCC1C. The van der Waals surface area contributed by atoms with Gasteiger partial charge in [-0.05, 0) is 26.3 Å². The zero-order valence-corrected chi connectivity index (χ0v) is 12.9. The number of rotatable bonds is 9. The third-order valence-electron chi connectivity index (χ3n) is 4.32. The Bertz CT molecular complexity index is 194. The molecule has 2 nitrogen and oxygen atoms in total. The molecule has 1 aliphatic rings. The van der Waals surface area contributed by atoms with Crippen molar-refractivity contribution >= 4 is 0 Å². The molecular weight excluding hydrogens is 220 g/mol. The lowest BCUT2D eigenvalue weighted by atomic mass is 10.1. The lowest BCUT2D eigenvalue weighted by molar-refractivity contribution is 0.136. The van der Waals surface area contributed by atoms with Crippen molar-refractivity contribution in [2.24, 2.45) is 0 Å². The molecule has 1 N–H and O–H groups in total. The molecule has 0 aromatic carbocycles. The van der Waals surface area contributed by atoms with Crippen molar-refractivity contribution in [3.05, 3.63) is 0 Å². The molecule has 0 aromatic rings. The molecule has 18 heavy (non-hydrogen) atoms. The van der Waals surface area contributed by atoms with Crippen molar-refractivity contribution in [2.75, 3.05) is 19.6 Å². The van der Waals surface area contributed by atoms with Crippen LogP contribution in [0.15, 0.2) is 0 Å². The molecule has 1 aliphatic heterocycles. The van der Waals surface area contributed by atoms with Gasteiger partial charge in [0.25, 0.3) is 0 Å². The van der Waals surface area contributed by atoms with Crippen molar-refractivity contribution in [1.29, 1.82) is 0 Å². The highest BCUT2D eigenvalue weighted by molar-refractivity contribution is 4.82. The molecular formula is C16H34N2. The third-order valence-corrected chi connectivity index (χ3v) is 4.32. The molecule has 0 radical (unpaired) electrons. The van der Waals surface area contributed by atoms with Gasteiger partial charge in [0.05, 0.1) is 0 Å². The molecule has 2 heteroatoms. The predicted molar refractivity (Wildman–Crippen MR) is 81.1 cm³/mol. The minimum absolute atomic E-state index is 0.728. The third kappa shape index (κ3) is 6.19. The van der Waals surface area contributed by atoms with Crippen molar-refractivity contribution in [2.45, 2.75) is 84.2 Å². The number of nitrogens with zero attached hydrogens (tertiary/aromatic N) is 1. The minimum atomic E-state index is 0.728. The molecule has 108 valence electrons. The van der Waals surface area contributed by atoms with E-state index in [1.54, 1.807) is 0 Å². The van der Waals surface area contributed by atoms with E-state index in [0.29, 0.717) is 0 Å². The molecule has 0 aromatic heterocycles. The summed E-state index contributed by atoms with van der Waals surface area (Å²) in [4.78, 5) is 2.69. The van der Waals surface area contributed by atoms with E-state index in [4.69, 9.17) is 0 Å². The standard InChI is InChI=1S/C16H34N2/c1-4-6-7-8-9-10-11-12-18-14-16(5-2)17-13-15(18)3/h15-17H,4-14H2,1-3H3. The summed E-state index contributed by atoms with van der Waals surface area (Å²) in [5.41, 5.74) is 0. The van der Waals surface area contributed by atoms with Gasteiger partial charge in [0.2, 0.25) is 0 Å². The van der Waals surface area contributed by atoms with Crippen LogP contribution < -0.4 is 5.32 Å². The Labute approximate surface area is 115 Å². The zero-order valence-electron chi connectivity index (χ0n) is 12.9. The molecule has 1 saturated heterocycles. The average molecular weight is 254 g/mol. The highest BCUT2D eigenvalue weighted by Crippen LogP contribution is 2.12. The maximum atomic E-state index is 3.63. The van der Waals surface area contributed by atoms with Crippen LogP contribution in [0.4, 0.5) is 0 Å². The second kappa shape index (κ2) is 9.80. The maximum Gasteiger partial charge on any atom is 0.0193 e. The second-order valence-electron chi connectivity index (χ2n) is 5.98. The Morgan fingerprint density at radius 1 is 1.00 bits per heavy atom. The normalized spacial score (nSPS) is 25.5. The summed E-state index contributed by atoms with van der Waals surface area (Å²) in [7, 11) is 0. The molecule has 0 bridgehead atoms. The lowest BCUT2D eigenvalue weighted by Gasteiger charge is -2.38. The first-order chi connectivity index (χ1) is 8.77. The number of piperazine rings is 1. The van der Waals surface area contributed by atoms with Gasteiger partial charge < -0.3 is 5.32 Å². The summed E-state index contributed by atoms with van der Waals surface area (Å²) in [6, 6.07) is 1.46. The first kappa shape index (κ1) is 16.0. The van der Waals surface area contributed by atoms with E-state index in [9.17, 15) is 0 Å². The molecule has 1 heterocycles.